The Labute approximate surface area is 260 Å². The molecule has 1 N–H and O–H groups in total. The van der Waals surface area contributed by atoms with Crippen LogP contribution in [-0.2, 0) is 9.53 Å². The Hall–Kier alpha value is -4.20. The molecule has 1 aromatic heterocycles. The maximum Gasteiger partial charge on any atom is 0.338 e. The van der Waals surface area contributed by atoms with Gasteiger partial charge in [0.05, 0.1) is 24.4 Å². The number of hydrogen-bond acceptors (Lipinski definition) is 9. The molecule has 10 nitrogen and oxygen atoms in total. The predicted molar refractivity (Wildman–Crippen MR) is 161 cm³/mol. The number of anilines is 1. The molecule has 3 aliphatic heterocycles. The fourth-order valence-corrected chi connectivity index (χ4v) is 6.61. The first-order valence-corrected chi connectivity index (χ1v) is 15.0. The third kappa shape index (κ3) is 5.58. The summed E-state index contributed by atoms with van der Waals surface area (Å²) >= 11 is 7.81. The third-order valence-electron chi connectivity index (χ3n) is 7.89. The summed E-state index contributed by atoms with van der Waals surface area (Å²) in [4.78, 5) is 52.5. The van der Waals surface area contributed by atoms with Gasteiger partial charge in [0, 0.05) is 66.1 Å². The van der Waals surface area contributed by atoms with Gasteiger partial charge in [-0.3, -0.25) is 19.6 Å². The van der Waals surface area contributed by atoms with Gasteiger partial charge in [-0.15, -0.1) is 11.3 Å². The van der Waals surface area contributed by atoms with Crippen molar-refractivity contribution >= 4 is 52.2 Å². The Balaban J connectivity index is 1.29. The number of rotatable bonds is 7. The van der Waals surface area contributed by atoms with Crippen molar-refractivity contribution in [2.45, 2.75) is 19.0 Å². The highest BCUT2D eigenvalue weighted by Crippen LogP contribution is 2.37. The van der Waals surface area contributed by atoms with Crippen LogP contribution in [0.2, 0.25) is 5.02 Å². The maximum atomic E-state index is 15.0. The summed E-state index contributed by atoms with van der Waals surface area (Å²) in [7, 11) is 1.27. The minimum Gasteiger partial charge on any atom is -0.466 e. The lowest BCUT2D eigenvalue weighted by atomic mass is 9.95. The van der Waals surface area contributed by atoms with E-state index >= 15 is 0 Å². The molecule has 0 radical (unpaired) electrons. The van der Waals surface area contributed by atoms with Gasteiger partial charge in [0.25, 0.3) is 0 Å². The van der Waals surface area contributed by atoms with Gasteiger partial charge < -0.3 is 15.0 Å². The molecule has 2 aromatic carbocycles. The summed E-state index contributed by atoms with van der Waals surface area (Å²) in [5, 5.41) is 5.78. The number of thiazole rings is 1. The topological polar surface area (TPSA) is 107 Å². The van der Waals surface area contributed by atoms with Gasteiger partial charge >= 0.3 is 12.0 Å². The first-order chi connectivity index (χ1) is 21.1. The number of piperazine rings is 1. The van der Waals surface area contributed by atoms with Gasteiger partial charge in [-0.05, 0) is 37.3 Å². The number of carbonyl (C=O) groups excluding carboxylic acids is 3. The molecule has 4 heterocycles. The Bertz CT molecular complexity index is 1720. The van der Waals surface area contributed by atoms with Gasteiger partial charge in [-0.2, -0.15) is 0 Å². The second-order valence-corrected chi connectivity index (χ2v) is 11.9. The van der Waals surface area contributed by atoms with Crippen LogP contribution in [-0.4, -0.2) is 84.3 Å². The Kier molecular flexibility index (Phi) is 8.18. The molecule has 0 unspecified atom stereocenters. The standard InChI is InChI=1S/C30H27ClF2N6O4S/c1-16(40)17-3-6-24(22(33)11-17)39-14-19-13-37(8-9-38(19)30(39)42)15-23-25(29(41)43-2)26(20-5-4-18(32)12-21(20)31)36-27(35-23)28-34-7-10-44-28/h3-7,10-12,19,26H,8-9,13-15H2,1-2H3,(H,35,36)/t19-,26-/m0/s1. The molecule has 2 saturated heterocycles. The van der Waals surface area contributed by atoms with Crippen molar-refractivity contribution in [2.75, 3.05) is 44.7 Å². The summed E-state index contributed by atoms with van der Waals surface area (Å²) in [5.41, 5.74) is 1.52. The number of fused-ring (bicyclic) bond motifs is 1. The predicted octanol–water partition coefficient (Wildman–Crippen LogP) is 4.42. The molecule has 6 rings (SSSR count). The number of nitrogens with one attached hydrogen (secondary N) is 1. The van der Waals surface area contributed by atoms with Crippen molar-refractivity contribution in [3.05, 3.63) is 92.0 Å². The molecule has 2 atom stereocenters. The maximum absolute atomic E-state index is 15.0. The number of esters is 1. The summed E-state index contributed by atoms with van der Waals surface area (Å²) < 4.78 is 34.1. The summed E-state index contributed by atoms with van der Waals surface area (Å²) in [6.45, 7) is 3.18. The monoisotopic (exact) mass is 640 g/mol. The number of methoxy groups -OCH3 is 1. The first-order valence-electron chi connectivity index (χ1n) is 13.8. The second-order valence-electron chi connectivity index (χ2n) is 10.6. The molecule has 2 fully saturated rings. The molecule has 0 spiro atoms. The molecule has 0 bridgehead atoms. The molecule has 0 saturated carbocycles. The number of benzene rings is 2. The fraction of sp³-hybridized carbons (Fsp3) is 0.300. The van der Waals surface area contributed by atoms with Crippen LogP contribution in [0, 0.1) is 11.6 Å². The van der Waals surface area contributed by atoms with Crippen molar-refractivity contribution in [3.63, 3.8) is 0 Å². The molecule has 228 valence electrons. The number of ether oxygens (including phenoxy) is 1. The first kappa shape index (κ1) is 29.9. The van der Waals surface area contributed by atoms with E-state index in [0.29, 0.717) is 41.7 Å². The van der Waals surface area contributed by atoms with E-state index in [9.17, 15) is 23.2 Å². The van der Waals surface area contributed by atoms with Gasteiger partial charge in [-0.25, -0.2) is 23.4 Å². The summed E-state index contributed by atoms with van der Waals surface area (Å²) in [6, 6.07) is 6.60. The quantitative estimate of drug-likeness (QED) is 0.301. The minimum atomic E-state index is -0.892. The van der Waals surface area contributed by atoms with Gasteiger partial charge in [0.15, 0.2) is 16.6 Å². The van der Waals surface area contributed by atoms with Crippen LogP contribution in [0.3, 0.4) is 0 Å². The van der Waals surface area contributed by atoms with Gasteiger partial charge in [-0.1, -0.05) is 17.7 Å². The number of amidine groups is 1. The average molecular weight is 641 g/mol. The Morgan fingerprint density at radius 2 is 1.98 bits per heavy atom. The number of urea groups is 1. The van der Waals surface area contributed by atoms with Crippen LogP contribution in [0.25, 0.3) is 0 Å². The third-order valence-corrected chi connectivity index (χ3v) is 8.99. The normalized spacial score (nSPS) is 20.4. The average Bonchev–Trinajstić information content (AvgIpc) is 3.65. The van der Waals surface area contributed by atoms with Crippen LogP contribution < -0.4 is 10.2 Å². The van der Waals surface area contributed by atoms with Crippen LogP contribution in [0.4, 0.5) is 19.3 Å². The number of amides is 2. The largest absolute Gasteiger partial charge is 0.466 e. The Morgan fingerprint density at radius 3 is 2.66 bits per heavy atom. The molecule has 44 heavy (non-hydrogen) atoms. The van der Waals surface area contributed by atoms with Crippen LogP contribution >= 0.6 is 22.9 Å². The number of carbonyl (C=O) groups is 3. The zero-order chi connectivity index (χ0) is 31.1. The number of ketones is 1. The SMILES string of the molecule is COC(=O)C1=C(CN2CCN3C(=O)N(c4ccc(C(C)=O)cc4F)C[C@@H]3C2)NC(c2nccs2)=N[C@H]1c1ccc(F)cc1Cl. The van der Waals surface area contributed by atoms with Crippen molar-refractivity contribution in [1.82, 2.24) is 20.1 Å². The highest BCUT2D eigenvalue weighted by atomic mass is 35.5. The number of aromatic nitrogens is 1. The number of aliphatic imine (C=N–C) groups is 1. The van der Waals surface area contributed by atoms with E-state index in [4.69, 9.17) is 21.3 Å². The lowest BCUT2D eigenvalue weighted by Crippen LogP contribution is -2.53. The molecular formula is C30H27ClF2N6O4S. The second kappa shape index (κ2) is 12.1. The number of hydrogen-bond donors (Lipinski definition) is 1. The number of nitrogens with zero attached hydrogens (tertiary/aromatic N) is 5. The molecule has 14 heteroatoms. The zero-order valence-electron chi connectivity index (χ0n) is 23.7. The molecule has 0 aliphatic carbocycles. The van der Waals surface area contributed by atoms with Gasteiger partial charge in [0.2, 0.25) is 0 Å². The minimum absolute atomic E-state index is 0.113. The number of Topliss-reactive ketones (excluding diaryl/α,β-unsaturated/α-hetero) is 1. The lowest BCUT2D eigenvalue weighted by molar-refractivity contribution is -0.136. The fourth-order valence-electron chi connectivity index (χ4n) is 5.75. The molecular weight excluding hydrogens is 614 g/mol. The van der Waals surface area contributed by atoms with Crippen LogP contribution in [0.15, 0.2) is 64.2 Å². The summed E-state index contributed by atoms with van der Waals surface area (Å²) in [5.74, 6) is -1.61. The van der Waals surface area contributed by atoms with Crippen molar-refractivity contribution in [1.29, 1.82) is 0 Å². The van der Waals surface area contributed by atoms with Crippen molar-refractivity contribution in [3.8, 4) is 0 Å². The lowest BCUT2D eigenvalue weighted by Gasteiger charge is -2.38. The highest BCUT2D eigenvalue weighted by molar-refractivity contribution is 7.11. The van der Waals surface area contributed by atoms with E-state index in [1.807, 2.05) is 0 Å². The molecule has 2 amide bonds. The van der Waals surface area contributed by atoms with E-state index in [1.165, 1.54) is 60.6 Å². The number of halogens is 3. The molecule has 3 aromatic rings. The highest BCUT2D eigenvalue weighted by Gasteiger charge is 2.43. The zero-order valence-corrected chi connectivity index (χ0v) is 25.3. The van der Waals surface area contributed by atoms with Crippen LogP contribution in [0.5, 0.6) is 0 Å². The van der Waals surface area contributed by atoms with E-state index in [-0.39, 0.29) is 52.8 Å². The Morgan fingerprint density at radius 1 is 1.16 bits per heavy atom. The van der Waals surface area contributed by atoms with E-state index in [1.54, 1.807) is 16.5 Å². The van der Waals surface area contributed by atoms with Crippen molar-refractivity contribution < 1.29 is 27.9 Å². The van der Waals surface area contributed by atoms with Gasteiger partial charge in [0.1, 0.15) is 17.7 Å². The van der Waals surface area contributed by atoms with Crippen LogP contribution in [0.1, 0.15) is 33.9 Å². The van der Waals surface area contributed by atoms with E-state index < -0.39 is 23.6 Å². The van der Waals surface area contributed by atoms with E-state index in [2.05, 4.69) is 15.2 Å². The molecule has 3 aliphatic rings. The van der Waals surface area contributed by atoms with Crippen molar-refractivity contribution in [2.24, 2.45) is 4.99 Å². The summed E-state index contributed by atoms with van der Waals surface area (Å²) in [6.07, 6.45) is 1.64. The van der Waals surface area contributed by atoms with E-state index in [0.717, 1.165) is 6.07 Å². The smallest absolute Gasteiger partial charge is 0.338 e.